The van der Waals surface area contributed by atoms with Gasteiger partial charge in [0.25, 0.3) is 0 Å². The van der Waals surface area contributed by atoms with Crippen molar-refractivity contribution in [3.63, 3.8) is 0 Å². The molecule has 0 amide bonds. The van der Waals surface area contributed by atoms with Crippen molar-refractivity contribution in [3.8, 4) is 0 Å². The molecule has 112 valence electrons. The molecular formula is C11H18F5N3. The summed E-state index contributed by atoms with van der Waals surface area (Å²) in [5.74, 6) is -4.81. The Morgan fingerprint density at radius 3 is 2.16 bits per heavy atom. The Bertz CT molecular complexity index is 316. The number of hydrazone groups is 1. The van der Waals surface area contributed by atoms with E-state index in [0.717, 1.165) is 16.2 Å². The highest BCUT2D eigenvalue weighted by atomic mass is 19.4. The van der Waals surface area contributed by atoms with Gasteiger partial charge in [-0.1, -0.05) is 20.3 Å². The Hall–Kier alpha value is -1.08. The van der Waals surface area contributed by atoms with E-state index in [2.05, 4.69) is 5.10 Å². The second-order valence-electron chi connectivity index (χ2n) is 4.48. The summed E-state index contributed by atoms with van der Waals surface area (Å²) < 4.78 is 64.8. The number of rotatable bonds is 6. The van der Waals surface area contributed by atoms with Crippen molar-refractivity contribution in [1.82, 2.24) is 9.91 Å². The smallest absolute Gasteiger partial charge is 0.334 e. The zero-order valence-corrected chi connectivity index (χ0v) is 10.9. The van der Waals surface area contributed by atoms with E-state index in [1.54, 1.807) is 6.92 Å². The number of nitrogens with zero attached hydrogens (tertiary/aromatic N) is 3. The maximum absolute atomic E-state index is 13.6. The second-order valence-corrected chi connectivity index (χ2v) is 4.48. The van der Waals surface area contributed by atoms with Gasteiger partial charge in [-0.3, -0.25) is 5.01 Å². The van der Waals surface area contributed by atoms with Crippen LogP contribution in [0.3, 0.4) is 0 Å². The van der Waals surface area contributed by atoms with Gasteiger partial charge in [0.2, 0.25) is 0 Å². The summed E-state index contributed by atoms with van der Waals surface area (Å²) in [6.07, 6.45) is -4.88. The van der Waals surface area contributed by atoms with Gasteiger partial charge in [-0.25, -0.2) is 0 Å². The third kappa shape index (κ3) is 3.27. The minimum Gasteiger partial charge on any atom is -0.334 e. The molecule has 0 aromatic rings. The number of unbranched alkanes of at least 4 members (excludes halogenated alkanes) is 1. The van der Waals surface area contributed by atoms with E-state index in [4.69, 9.17) is 0 Å². The largest absolute Gasteiger partial charge is 0.457 e. The average Bonchev–Trinajstić information content (AvgIpc) is 2.69. The Kier molecular flexibility index (Phi) is 4.98. The summed E-state index contributed by atoms with van der Waals surface area (Å²) in [5.41, 5.74) is 0. The highest BCUT2D eigenvalue weighted by Crippen LogP contribution is 2.42. The molecule has 0 aliphatic carbocycles. The zero-order valence-electron chi connectivity index (χ0n) is 10.9. The summed E-state index contributed by atoms with van der Waals surface area (Å²) in [5, 5.41) is 4.50. The van der Waals surface area contributed by atoms with Gasteiger partial charge in [-0.05, 0) is 12.8 Å². The van der Waals surface area contributed by atoms with Crippen LogP contribution in [0.1, 0.15) is 33.1 Å². The molecule has 1 rings (SSSR count). The Labute approximate surface area is 109 Å². The molecule has 0 spiro atoms. The van der Waals surface area contributed by atoms with E-state index in [-0.39, 0.29) is 13.1 Å². The van der Waals surface area contributed by atoms with Crippen LogP contribution in [-0.2, 0) is 0 Å². The summed E-state index contributed by atoms with van der Waals surface area (Å²) in [6.45, 7) is 3.74. The standard InChI is InChI=1S/C11H18F5N3/c1-3-5-7-18-8-17-19(6-4-2)9(18)10(12,13)11(14,15)16/h8-9H,3-7H2,1-2H3. The molecule has 1 atom stereocenters. The normalized spacial score (nSPS) is 20.5. The van der Waals surface area contributed by atoms with Crippen LogP contribution in [0.2, 0.25) is 0 Å². The topological polar surface area (TPSA) is 18.8 Å². The fourth-order valence-corrected chi connectivity index (χ4v) is 1.90. The molecule has 1 heterocycles. The quantitative estimate of drug-likeness (QED) is 0.698. The fourth-order valence-electron chi connectivity index (χ4n) is 1.90. The number of hydrogen-bond donors (Lipinski definition) is 0. The van der Waals surface area contributed by atoms with Gasteiger partial charge in [0.1, 0.15) is 6.34 Å². The Morgan fingerprint density at radius 2 is 1.68 bits per heavy atom. The first-order valence-electron chi connectivity index (χ1n) is 6.26. The van der Waals surface area contributed by atoms with Gasteiger partial charge in [-0.15, -0.1) is 0 Å². The summed E-state index contributed by atoms with van der Waals surface area (Å²) in [6, 6.07) is 0. The molecule has 0 saturated heterocycles. The molecule has 0 fully saturated rings. The van der Waals surface area contributed by atoms with Gasteiger partial charge in [0.05, 0.1) is 0 Å². The molecular weight excluding hydrogens is 269 g/mol. The number of halogens is 5. The molecule has 8 heteroatoms. The molecule has 0 N–H and O–H groups in total. The predicted molar refractivity (Wildman–Crippen MR) is 61.9 cm³/mol. The predicted octanol–water partition coefficient (Wildman–Crippen LogP) is 3.28. The van der Waals surface area contributed by atoms with Crippen LogP contribution in [0.15, 0.2) is 5.10 Å². The van der Waals surface area contributed by atoms with Crippen LogP contribution in [-0.4, -0.2) is 47.6 Å². The van der Waals surface area contributed by atoms with Crippen LogP contribution >= 0.6 is 0 Å². The van der Waals surface area contributed by atoms with E-state index in [0.29, 0.717) is 19.3 Å². The van der Waals surface area contributed by atoms with Crippen LogP contribution in [0.5, 0.6) is 0 Å². The van der Waals surface area contributed by atoms with Crippen LogP contribution < -0.4 is 0 Å². The lowest BCUT2D eigenvalue weighted by Gasteiger charge is -2.36. The zero-order chi connectivity index (χ0) is 14.7. The van der Waals surface area contributed by atoms with Gasteiger partial charge < -0.3 is 4.90 Å². The molecule has 1 aliphatic heterocycles. The molecule has 0 bridgehead atoms. The van der Waals surface area contributed by atoms with Crippen molar-refractivity contribution in [2.75, 3.05) is 13.1 Å². The van der Waals surface area contributed by atoms with Gasteiger partial charge in [0, 0.05) is 13.1 Å². The van der Waals surface area contributed by atoms with E-state index in [9.17, 15) is 22.0 Å². The summed E-state index contributed by atoms with van der Waals surface area (Å²) in [4.78, 5) is 0.979. The first-order valence-corrected chi connectivity index (χ1v) is 6.26. The maximum Gasteiger partial charge on any atom is 0.457 e. The maximum atomic E-state index is 13.6. The summed E-state index contributed by atoms with van der Waals surface area (Å²) >= 11 is 0. The molecule has 0 saturated carbocycles. The van der Waals surface area contributed by atoms with Crippen molar-refractivity contribution < 1.29 is 22.0 Å². The van der Waals surface area contributed by atoms with E-state index >= 15 is 0 Å². The average molecular weight is 287 g/mol. The van der Waals surface area contributed by atoms with Crippen molar-refractivity contribution in [3.05, 3.63) is 0 Å². The monoisotopic (exact) mass is 287 g/mol. The van der Waals surface area contributed by atoms with Gasteiger partial charge >= 0.3 is 12.1 Å². The van der Waals surface area contributed by atoms with Crippen molar-refractivity contribution in [2.45, 2.75) is 51.4 Å². The third-order valence-electron chi connectivity index (χ3n) is 2.87. The molecule has 1 aliphatic rings. The van der Waals surface area contributed by atoms with Crippen LogP contribution in [0.4, 0.5) is 22.0 Å². The van der Waals surface area contributed by atoms with Gasteiger partial charge in [-0.2, -0.15) is 27.1 Å². The van der Waals surface area contributed by atoms with E-state index in [1.807, 2.05) is 6.92 Å². The molecule has 0 radical (unpaired) electrons. The van der Waals surface area contributed by atoms with Crippen molar-refractivity contribution >= 4 is 6.34 Å². The molecule has 0 aromatic carbocycles. The SMILES string of the molecule is CCCCN1C=NN(CCC)C1C(F)(F)C(F)(F)F. The van der Waals surface area contributed by atoms with Crippen LogP contribution in [0, 0.1) is 0 Å². The number of hydrogen-bond acceptors (Lipinski definition) is 3. The van der Waals surface area contributed by atoms with Gasteiger partial charge in [0.15, 0.2) is 6.17 Å². The van der Waals surface area contributed by atoms with E-state index in [1.165, 1.54) is 0 Å². The van der Waals surface area contributed by atoms with E-state index < -0.39 is 18.3 Å². The molecule has 0 aromatic heterocycles. The van der Waals surface area contributed by atoms with Crippen LogP contribution in [0.25, 0.3) is 0 Å². The minimum atomic E-state index is -5.58. The lowest BCUT2D eigenvalue weighted by molar-refractivity contribution is -0.314. The molecule has 1 unspecified atom stereocenters. The fraction of sp³-hybridized carbons (Fsp3) is 0.909. The van der Waals surface area contributed by atoms with Crippen molar-refractivity contribution in [1.29, 1.82) is 0 Å². The lowest BCUT2D eigenvalue weighted by atomic mass is 10.2. The second kappa shape index (κ2) is 5.92. The summed E-state index contributed by atoms with van der Waals surface area (Å²) in [7, 11) is 0. The molecule has 19 heavy (non-hydrogen) atoms. The van der Waals surface area contributed by atoms with Crippen molar-refractivity contribution in [2.24, 2.45) is 5.10 Å². The minimum absolute atomic E-state index is 0.0649. The lowest BCUT2D eigenvalue weighted by Crippen LogP contribution is -2.59. The first-order chi connectivity index (χ1) is 8.75. The Balaban J connectivity index is 2.93. The number of alkyl halides is 5. The molecule has 3 nitrogen and oxygen atoms in total. The highest BCUT2D eigenvalue weighted by Gasteiger charge is 2.66. The third-order valence-corrected chi connectivity index (χ3v) is 2.87. The first kappa shape index (κ1) is 16.0. The Morgan fingerprint density at radius 1 is 1.05 bits per heavy atom. The highest BCUT2D eigenvalue weighted by molar-refractivity contribution is 5.57.